The Bertz CT molecular complexity index is 1260. The Balaban J connectivity index is 1.60. The summed E-state index contributed by atoms with van der Waals surface area (Å²) in [5.41, 5.74) is 4.53. The highest BCUT2D eigenvalue weighted by atomic mass is 32.1. The van der Waals surface area contributed by atoms with Crippen LogP contribution >= 0.6 is 11.3 Å². The molecule has 5 rings (SSSR count). The zero-order valence-electron chi connectivity index (χ0n) is 19.0. The van der Waals surface area contributed by atoms with E-state index in [0.717, 1.165) is 55.1 Å². The van der Waals surface area contributed by atoms with Crippen molar-refractivity contribution in [3.63, 3.8) is 0 Å². The molecule has 0 saturated carbocycles. The third-order valence-corrected chi connectivity index (χ3v) is 7.53. The molecule has 0 unspecified atom stereocenters. The van der Waals surface area contributed by atoms with E-state index < -0.39 is 0 Å². The predicted molar refractivity (Wildman–Crippen MR) is 130 cm³/mol. The molecule has 4 heterocycles. The van der Waals surface area contributed by atoms with Crippen LogP contribution in [-0.2, 0) is 11.3 Å². The van der Waals surface area contributed by atoms with Gasteiger partial charge in [0.05, 0.1) is 23.6 Å². The van der Waals surface area contributed by atoms with Gasteiger partial charge in [0.1, 0.15) is 17.6 Å². The fourth-order valence-corrected chi connectivity index (χ4v) is 5.82. The lowest BCUT2D eigenvalue weighted by Crippen LogP contribution is -2.36. The number of rotatable bonds is 6. The molecule has 0 amide bonds. The Morgan fingerprint density at radius 2 is 1.97 bits per heavy atom. The van der Waals surface area contributed by atoms with Crippen molar-refractivity contribution in [1.82, 2.24) is 19.5 Å². The van der Waals surface area contributed by atoms with Crippen molar-refractivity contribution in [3.05, 3.63) is 41.9 Å². The highest BCUT2D eigenvalue weighted by Gasteiger charge is 2.23. The summed E-state index contributed by atoms with van der Waals surface area (Å²) in [6.45, 7) is 5.02. The Kier molecular flexibility index (Phi) is 5.75. The van der Waals surface area contributed by atoms with Gasteiger partial charge in [0.2, 0.25) is 0 Å². The number of aryl methyl sites for hydroxylation is 1. The number of hydrogen-bond acceptors (Lipinski definition) is 7. The molecule has 1 fully saturated rings. The number of nitrogens with zero attached hydrogens (tertiary/aromatic N) is 4. The third kappa shape index (κ3) is 3.72. The summed E-state index contributed by atoms with van der Waals surface area (Å²) in [6, 6.07) is 8.84. The van der Waals surface area contributed by atoms with Crippen LogP contribution in [0.3, 0.4) is 0 Å². The summed E-state index contributed by atoms with van der Waals surface area (Å²) < 4.78 is 14.4. The molecule has 3 aromatic heterocycles. The first-order valence-corrected chi connectivity index (χ1v) is 11.8. The highest BCUT2D eigenvalue weighted by molar-refractivity contribution is 7.22. The minimum Gasteiger partial charge on any atom is -0.495 e. The van der Waals surface area contributed by atoms with E-state index >= 15 is 0 Å². The minimum atomic E-state index is 0.376. The van der Waals surface area contributed by atoms with Crippen molar-refractivity contribution >= 4 is 32.8 Å². The fourth-order valence-electron chi connectivity index (χ4n) is 4.67. The Morgan fingerprint density at radius 3 is 2.69 bits per heavy atom. The molecule has 0 aliphatic carbocycles. The van der Waals surface area contributed by atoms with Crippen LogP contribution in [0.5, 0.6) is 5.75 Å². The lowest BCUT2D eigenvalue weighted by molar-refractivity contribution is 0.0384. The number of ether oxygens (including phenoxy) is 2. The van der Waals surface area contributed by atoms with Crippen molar-refractivity contribution in [1.29, 1.82) is 0 Å². The van der Waals surface area contributed by atoms with Crippen LogP contribution in [0.2, 0.25) is 0 Å². The van der Waals surface area contributed by atoms with Gasteiger partial charge in [0, 0.05) is 44.2 Å². The predicted octanol–water partition coefficient (Wildman–Crippen LogP) is 4.58. The molecule has 168 valence electrons. The number of likely N-dealkylation sites (tertiary alicyclic amines) is 1. The van der Waals surface area contributed by atoms with E-state index in [1.54, 1.807) is 24.8 Å². The molecule has 1 aromatic carbocycles. The average molecular weight is 452 g/mol. The van der Waals surface area contributed by atoms with Gasteiger partial charge in [-0.25, -0.2) is 9.50 Å². The number of thiophene rings is 1. The molecule has 1 saturated heterocycles. The second-order valence-corrected chi connectivity index (χ2v) is 9.43. The van der Waals surface area contributed by atoms with Crippen molar-refractivity contribution in [2.45, 2.75) is 32.4 Å². The average Bonchev–Trinajstić information content (AvgIpc) is 3.40. The van der Waals surface area contributed by atoms with E-state index in [2.05, 4.69) is 51.5 Å². The number of nitrogens with one attached hydrogen (secondary N) is 1. The van der Waals surface area contributed by atoms with Gasteiger partial charge in [-0.05, 0) is 48.9 Å². The molecule has 1 N–H and O–H groups in total. The second-order valence-electron chi connectivity index (χ2n) is 8.38. The molecule has 0 radical (unpaired) electrons. The first kappa shape index (κ1) is 21.2. The van der Waals surface area contributed by atoms with Gasteiger partial charge in [-0.3, -0.25) is 4.90 Å². The van der Waals surface area contributed by atoms with E-state index in [1.165, 1.54) is 26.2 Å². The van der Waals surface area contributed by atoms with E-state index in [1.807, 2.05) is 18.7 Å². The number of aromatic nitrogens is 3. The maximum absolute atomic E-state index is 5.66. The van der Waals surface area contributed by atoms with Gasteiger partial charge < -0.3 is 14.8 Å². The maximum atomic E-state index is 5.66. The topological polar surface area (TPSA) is 63.9 Å². The number of fused-ring (bicyclic) bond motifs is 2. The largest absolute Gasteiger partial charge is 0.495 e. The van der Waals surface area contributed by atoms with Crippen molar-refractivity contribution in [2.75, 3.05) is 39.7 Å². The molecular weight excluding hydrogens is 422 g/mol. The summed E-state index contributed by atoms with van der Waals surface area (Å²) in [5.74, 6) is 1.76. The van der Waals surface area contributed by atoms with Crippen LogP contribution in [0.1, 0.15) is 24.1 Å². The molecule has 0 atom stereocenters. The number of methoxy groups -OCH3 is 2. The highest BCUT2D eigenvalue weighted by Crippen LogP contribution is 2.42. The third-order valence-electron chi connectivity index (χ3n) is 6.33. The van der Waals surface area contributed by atoms with Crippen molar-refractivity contribution in [2.24, 2.45) is 0 Å². The monoisotopic (exact) mass is 451 g/mol. The SMILES string of the molecule is CNc1ncnn2c(CN3CCC(OC)CC3)cc(-c3cc4cc(C)cc(OC)c4s3)c12. The smallest absolute Gasteiger partial charge is 0.154 e. The molecule has 7 nitrogen and oxygen atoms in total. The molecular formula is C24H29N5O2S. The summed E-state index contributed by atoms with van der Waals surface area (Å²) in [4.78, 5) is 8.18. The van der Waals surface area contributed by atoms with Gasteiger partial charge >= 0.3 is 0 Å². The minimum absolute atomic E-state index is 0.376. The Morgan fingerprint density at radius 1 is 1.16 bits per heavy atom. The number of benzene rings is 1. The van der Waals surface area contributed by atoms with Crippen LogP contribution in [0.25, 0.3) is 26.0 Å². The van der Waals surface area contributed by atoms with Crippen LogP contribution in [0.15, 0.2) is 30.6 Å². The number of hydrogen-bond donors (Lipinski definition) is 1. The van der Waals surface area contributed by atoms with Crippen LogP contribution in [0, 0.1) is 6.92 Å². The Hall–Kier alpha value is -2.68. The van der Waals surface area contributed by atoms with E-state index in [0.29, 0.717) is 6.10 Å². The molecule has 8 heteroatoms. The van der Waals surface area contributed by atoms with Gasteiger partial charge in [0.15, 0.2) is 5.82 Å². The molecule has 1 aliphatic heterocycles. The zero-order chi connectivity index (χ0) is 22.2. The molecule has 0 bridgehead atoms. The standard InChI is InChI=1S/C24H29N5O2S/c1-15-9-16-11-21(32-23(16)20(10-15)31-4)19-12-17(13-28-7-5-18(30-3)6-8-28)29-22(19)24(25-2)26-14-27-29/h9-12,14,18H,5-8,13H2,1-4H3,(H,25,26,27). The summed E-state index contributed by atoms with van der Waals surface area (Å²) in [7, 11) is 5.45. The molecule has 32 heavy (non-hydrogen) atoms. The Labute approximate surface area is 192 Å². The quantitative estimate of drug-likeness (QED) is 0.463. The lowest BCUT2D eigenvalue weighted by Gasteiger charge is -2.30. The van der Waals surface area contributed by atoms with Gasteiger partial charge in [-0.1, -0.05) is 6.07 Å². The number of piperidine rings is 1. The van der Waals surface area contributed by atoms with Gasteiger partial charge in [0.25, 0.3) is 0 Å². The van der Waals surface area contributed by atoms with Crippen LogP contribution < -0.4 is 10.1 Å². The van der Waals surface area contributed by atoms with Gasteiger partial charge in [-0.2, -0.15) is 5.10 Å². The first-order valence-electron chi connectivity index (χ1n) is 11.0. The fraction of sp³-hybridized carbons (Fsp3) is 0.417. The van der Waals surface area contributed by atoms with E-state index in [-0.39, 0.29) is 0 Å². The second kappa shape index (κ2) is 8.69. The van der Waals surface area contributed by atoms with E-state index in [4.69, 9.17) is 9.47 Å². The summed E-state index contributed by atoms with van der Waals surface area (Å²) in [5, 5.41) is 9.08. The summed E-state index contributed by atoms with van der Waals surface area (Å²) in [6.07, 6.45) is 4.14. The molecule has 0 spiro atoms. The van der Waals surface area contributed by atoms with Crippen molar-refractivity contribution < 1.29 is 9.47 Å². The van der Waals surface area contributed by atoms with E-state index in [9.17, 15) is 0 Å². The molecule has 4 aromatic rings. The summed E-state index contributed by atoms with van der Waals surface area (Å²) >= 11 is 1.76. The maximum Gasteiger partial charge on any atom is 0.154 e. The zero-order valence-corrected chi connectivity index (χ0v) is 19.8. The van der Waals surface area contributed by atoms with Crippen LogP contribution in [-0.4, -0.2) is 60.0 Å². The normalized spacial score (nSPS) is 15.6. The van der Waals surface area contributed by atoms with Crippen molar-refractivity contribution in [3.8, 4) is 16.2 Å². The van der Waals surface area contributed by atoms with Crippen LogP contribution in [0.4, 0.5) is 5.82 Å². The van der Waals surface area contributed by atoms with Gasteiger partial charge in [-0.15, -0.1) is 11.3 Å². The lowest BCUT2D eigenvalue weighted by atomic mass is 10.1. The first-order chi connectivity index (χ1) is 15.6. The number of anilines is 1. The molecule has 1 aliphatic rings.